The molecule has 1 aliphatic rings. The van der Waals surface area contributed by atoms with Crippen LogP contribution in [0.5, 0.6) is 0 Å². The van der Waals surface area contributed by atoms with Gasteiger partial charge in [-0.05, 0) is 25.1 Å². The first kappa shape index (κ1) is 9.24. The second kappa shape index (κ2) is 3.25. The van der Waals surface area contributed by atoms with Crippen molar-refractivity contribution >= 4 is 23.4 Å². The van der Waals surface area contributed by atoms with Crippen molar-refractivity contribution in [1.82, 2.24) is 14.8 Å². The molecule has 0 amide bonds. The Labute approximate surface area is 96.5 Å². The van der Waals surface area contributed by atoms with Crippen LogP contribution in [-0.2, 0) is 5.75 Å². The SMILES string of the molecule is Cc1nnc2n1-c1cc(Cl)ccc1SC2. The lowest BCUT2D eigenvalue weighted by atomic mass is 10.3. The fourth-order valence-electron chi connectivity index (χ4n) is 1.74. The van der Waals surface area contributed by atoms with E-state index in [2.05, 4.69) is 14.8 Å². The van der Waals surface area contributed by atoms with Crippen molar-refractivity contribution in [2.24, 2.45) is 0 Å². The molecule has 0 saturated heterocycles. The Kier molecular flexibility index (Phi) is 2.00. The molecule has 76 valence electrons. The molecule has 5 heteroatoms. The minimum atomic E-state index is 0.746. The highest BCUT2D eigenvalue weighted by atomic mass is 35.5. The molecule has 3 nitrogen and oxygen atoms in total. The van der Waals surface area contributed by atoms with Crippen LogP contribution in [-0.4, -0.2) is 14.8 Å². The molecule has 0 atom stereocenters. The summed E-state index contributed by atoms with van der Waals surface area (Å²) in [5.41, 5.74) is 1.09. The van der Waals surface area contributed by atoms with Crippen molar-refractivity contribution in [2.75, 3.05) is 0 Å². The average molecular weight is 238 g/mol. The van der Waals surface area contributed by atoms with E-state index in [0.29, 0.717) is 0 Å². The third kappa shape index (κ3) is 1.36. The van der Waals surface area contributed by atoms with Crippen molar-refractivity contribution in [1.29, 1.82) is 0 Å². The number of halogens is 1. The van der Waals surface area contributed by atoms with Gasteiger partial charge in [0, 0.05) is 9.92 Å². The van der Waals surface area contributed by atoms with E-state index in [1.54, 1.807) is 11.8 Å². The number of rotatable bonds is 0. The quantitative estimate of drug-likeness (QED) is 0.706. The second-order valence-corrected chi connectivity index (χ2v) is 4.85. The Morgan fingerprint density at radius 3 is 3.13 bits per heavy atom. The van der Waals surface area contributed by atoms with E-state index >= 15 is 0 Å². The van der Waals surface area contributed by atoms with E-state index in [9.17, 15) is 0 Å². The predicted molar refractivity (Wildman–Crippen MR) is 60.7 cm³/mol. The summed E-state index contributed by atoms with van der Waals surface area (Å²) in [6.45, 7) is 1.96. The van der Waals surface area contributed by atoms with Gasteiger partial charge in [-0.15, -0.1) is 22.0 Å². The van der Waals surface area contributed by atoms with Gasteiger partial charge in [0.2, 0.25) is 0 Å². The summed E-state index contributed by atoms with van der Waals surface area (Å²) in [6.07, 6.45) is 0. The highest BCUT2D eigenvalue weighted by Crippen LogP contribution is 2.36. The van der Waals surface area contributed by atoms with Gasteiger partial charge in [-0.25, -0.2) is 0 Å². The molecule has 3 rings (SSSR count). The first-order chi connectivity index (χ1) is 7.25. The lowest BCUT2D eigenvalue weighted by Gasteiger charge is -2.18. The Morgan fingerprint density at radius 1 is 1.40 bits per heavy atom. The molecule has 0 aliphatic carbocycles. The van der Waals surface area contributed by atoms with Crippen molar-refractivity contribution in [3.05, 3.63) is 34.9 Å². The lowest BCUT2D eigenvalue weighted by molar-refractivity contribution is 0.894. The van der Waals surface area contributed by atoms with E-state index in [1.807, 2.05) is 25.1 Å². The largest absolute Gasteiger partial charge is 0.281 e. The Bertz CT molecular complexity index is 535. The molecule has 0 unspecified atom stereocenters. The molecule has 0 radical (unpaired) electrons. The molecule has 1 aliphatic heterocycles. The predicted octanol–water partition coefficient (Wildman–Crippen LogP) is 2.83. The number of aryl methyl sites for hydroxylation is 1. The summed E-state index contributed by atoms with van der Waals surface area (Å²) in [5.74, 6) is 2.77. The standard InChI is InChI=1S/C10H8ClN3S/c1-6-12-13-10-5-15-9-3-2-7(11)4-8(9)14(6)10/h2-4H,5H2,1H3. The maximum Gasteiger partial charge on any atom is 0.148 e. The molecule has 0 fully saturated rings. The second-order valence-electron chi connectivity index (χ2n) is 3.40. The van der Waals surface area contributed by atoms with Crippen LogP contribution in [0, 0.1) is 6.92 Å². The number of hydrogen-bond donors (Lipinski definition) is 0. The summed E-state index contributed by atoms with van der Waals surface area (Å²) in [4.78, 5) is 1.23. The van der Waals surface area contributed by atoms with E-state index in [1.165, 1.54) is 4.90 Å². The molecule has 0 spiro atoms. The van der Waals surface area contributed by atoms with Crippen LogP contribution < -0.4 is 0 Å². The molecule has 1 aromatic carbocycles. The minimum absolute atomic E-state index is 0.746. The van der Waals surface area contributed by atoms with Crippen molar-refractivity contribution in [3.8, 4) is 5.69 Å². The highest BCUT2D eigenvalue weighted by Gasteiger charge is 2.19. The van der Waals surface area contributed by atoms with E-state index in [0.717, 1.165) is 28.1 Å². The highest BCUT2D eigenvalue weighted by molar-refractivity contribution is 7.98. The Balaban J connectivity index is 2.31. The van der Waals surface area contributed by atoms with Crippen LogP contribution in [0.3, 0.4) is 0 Å². The molecular formula is C10H8ClN3S. The monoisotopic (exact) mass is 237 g/mol. The Hall–Kier alpha value is -1.000. The van der Waals surface area contributed by atoms with Crippen LogP contribution in [0.4, 0.5) is 0 Å². The first-order valence-corrected chi connectivity index (χ1v) is 5.95. The average Bonchev–Trinajstić information content (AvgIpc) is 2.60. The summed E-state index contributed by atoms with van der Waals surface area (Å²) in [5, 5.41) is 8.96. The van der Waals surface area contributed by atoms with Crippen molar-refractivity contribution < 1.29 is 0 Å². The van der Waals surface area contributed by atoms with Gasteiger partial charge in [-0.3, -0.25) is 4.57 Å². The Morgan fingerprint density at radius 2 is 2.27 bits per heavy atom. The fraction of sp³-hybridized carbons (Fsp3) is 0.200. The molecule has 1 aromatic heterocycles. The molecule has 0 bridgehead atoms. The van der Waals surface area contributed by atoms with E-state index in [-0.39, 0.29) is 0 Å². The maximum atomic E-state index is 6.00. The number of aromatic nitrogens is 3. The van der Waals surface area contributed by atoms with Crippen LogP contribution in [0.2, 0.25) is 5.02 Å². The van der Waals surface area contributed by atoms with Gasteiger partial charge < -0.3 is 0 Å². The zero-order valence-corrected chi connectivity index (χ0v) is 9.64. The topological polar surface area (TPSA) is 30.7 Å². The first-order valence-electron chi connectivity index (χ1n) is 4.59. The molecule has 15 heavy (non-hydrogen) atoms. The van der Waals surface area contributed by atoms with Gasteiger partial charge >= 0.3 is 0 Å². The van der Waals surface area contributed by atoms with Crippen molar-refractivity contribution in [2.45, 2.75) is 17.6 Å². The van der Waals surface area contributed by atoms with Crippen LogP contribution in [0.25, 0.3) is 5.69 Å². The summed E-state index contributed by atoms with van der Waals surface area (Å²) in [6, 6.07) is 5.92. The normalized spacial score (nSPS) is 13.5. The fourth-order valence-corrected chi connectivity index (χ4v) is 2.84. The molecule has 2 aromatic rings. The molecule has 0 N–H and O–H groups in total. The third-order valence-corrected chi connectivity index (χ3v) is 3.70. The zero-order valence-electron chi connectivity index (χ0n) is 8.07. The van der Waals surface area contributed by atoms with Crippen LogP contribution >= 0.6 is 23.4 Å². The van der Waals surface area contributed by atoms with E-state index in [4.69, 9.17) is 11.6 Å². The number of benzene rings is 1. The summed E-state index contributed by atoms with van der Waals surface area (Å²) < 4.78 is 2.07. The van der Waals surface area contributed by atoms with Gasteiger partial charge in [0.05, 0.1) is 11.4 Å². The van der Waals surface area contributed by atoms with Crippen molar-refractivity contribution in [3.63, 3.8) is 0 Å². The summed E-state index contributed by atoms with van der Waals surface area (Å²) >= 11 is 7.77. The minimum Gasteiger partial charge on any atom is -0.281 e. The number of hydrogen-bond acceptors (Lipinski definition) is 3. The maximum absolute atomic E-state index is 6.00. The van der Waals surface area contributed by atoms with Crippen LogP contribution in [0.1, 0.15) is 11.6 Å². The molecule has 2 heterocycles. The van der Waals surface area contributed by atoms with Crippen LogP contribution in [0.15, 0.2) is 23.1 Å². The third-order valence-electron chi connectivity index (χ3n) is 2.41. The number of nitrogens with zero attached hydrogens (tertiary/aromatic N) is 3. The van der Waals surface area contributed by atoms with Gasteiger partial charge in [-0.2, -0.15) is 0 Å². The lowest BCUT2D eigenvalue weighted by Crippen LogP contribution is -2.07. The smallest absolute Gasteiger partial charge is 0.148 e. The van der Waals surface area contributed by atoms with Gasteiger partial charge in [0.25, 0.3) is 0 Å². The number of thioether (sulfide) groups is 1. The number of fused-ring (bicyclic) bond motifs is 3. The van der Waals surface area contributed by atoms with Gasteiger partial charge in [-0.1, -0.05) is 11.6 Å². The molecular weight excluding hydrogens is 230 g/mol. The van der Waals surface area contributed by atoms with Gasteiger partial charge in [0.1, 0.15) is 11.6 Å². The zero-order chi connectivity index (χ0) is 10.4. The molecule has 0 saturated carbocycles. The summed E-state index contributed by atoms with van der Waals surface area (Å²) in [7, 11) is 0. The van der Waals surface area contributed by atoms with E-state index < -0.39 is 0 Å². The van der Waals surface area contributed by atoms with Gasteiger partial charge in [0.15, 0.2) is 0 Å².